The third-order valence-corrected chi connectivity index (χ3v) is 3.64. The summed E-state index contributed by atoms with van der Waals surface area (Å²) in [6.07, 6.45) is 1.86. The molecule has 1 aromatic rings. The predicted molar refractivity (Wildman–Crippen MR) is 77.9 cm³/mol. The van der Waals surface area contributed by atoms with Crippen LogP contribution in [0.1, 0.15) is 34.3 Å². The lowest BCUT2D eigenvalue weighted by atomic mass is 10.0. The number of amides is 1. The third-order valence-electron chi connectivity index (χ3n) is 3.64. The van der Waals surface area contributed by atoms with Crippen LogP contribution >= 0.6 is 0 Å². The molecular weight excluding hydrogens is 254 g/mol. The van der Waals surface area contributed by atoms with Gasteiger partial charge in [-0.15, -0.1) is 0 Å². The van der Waals surface area contributed by atoms with Crippen molar-refractivity contribution in [2.45, 2.75) is 32.8 Å². The van der Waals surface area contributed by atoms with E-state index in [1.165, 1.54) is 0 Å². The summed E-state index contributed by atoms with van der Waals surface area (Å²) < 4.78 is 5.52. The SMILES string of the molecule is Cc1cc(C)cc(C(=O)N2CCC(OCCO)CC2)c1. The number of nitrogens with zero attached hydrogens (tertiary/aromatic N) is 1. The van der Waals surface area contributed by atoms with E-state index in [2.05, 4.69) is 6.07 Å². The number of hydrogen-bond donors (Lipinski definition) is 1. The Kier molecular flexibility index (Phi) is 5.15. The number of likely N-dealkylation sites (tertiary alicyclic amines) is 1. The summed E-state index contributed by atoms with van der Waals surface area (Å²) in [5.41, 5.74) is 3.02. The van der Waals surface area contributed by atoms with Crippen LogP contribution in [-0.2, 0) is 4.74 Å². The average Bonchev–Trinajstić information content (AvgIpc) is 2.44. The first-order valence-corrected chi connectivity index (χ1v) is 7.20. The summed E-state index contributed by atoms with van der Waals surface area (Å²) in [5.74, 6) is 0.109. The lowest BCUT2D eigenvalue weighted by Gasteiger charge is -2.32. The summed E-state index contributed by atoms with van der Waals surface area (Å²) in [4.78, 5) is 14.4. The molecule has 0 atom stereocenters. The minimum Gasteiger partial charge on any atom is -0.394 e. The molecule has 0 bridgehead atoms. The van der Waals surface area contributed by atoms with Gasteiger partial charge in [-0.25, -0.2) is 0 Å². The Labute approximate surface area is 120 Å². The van der Waals surface area contributed by atoms with E-state index in [1.807, 2.05) is 30.9 Å². The monoisotopic (exact) mass is 277 g/mol. The Bertz CT molecular complexity index is 445. The quantitative estimate of drug-likeness (QED) is 0.914. The van der Waals surface area contributed by atoms with Crippen molar-refractivity contribution in [3.05, 3.63) is 34.9 Å². The minimum absolute atomic E-state index is 0.0573. The number of aliphatic hydroxyl groups is 1. The van der Waals surface area contributed by atoms with E-state index in [1.54, 1.807) is 0 Å². The number of aliphatic hydroxyl groups excluding tert-OH is 1. The molecule has 1 aromatic carbocycles. The molecule has 1 aliphatic heterocycles. The Morgan fingerprint density at radius 3 is 2.40 bits per heavy atom. The Balaban J connectivity index is 1.94. The zero-order valence-corrected chi connectivity index (χ0v) is 12.3. The lowest BCUT2D eigenvalue weighted by Crippen LogP contribution is -2.41. The van der Waals surface area contributed by atoms with E-state index in [9.17, 15) is 4.79 Å². The van der Waals surface area contributed by atoms with Crippen molar-refractivity contribution >= 4 is 5.91 Å². The number of carbonyl (C=O) groups excluding carboxylic acids is 1. The Morgan fingerprint density at radius 2 is 1.85 bits per heavy atom. The van der Waals surface area contributed by atoms with Gasteiger partial charge in [-0.3, -0.25) is 4.79 Å². The maximum absolute atomic E-state index is 12.5. The van der Waals surface area contributed by atoms with Gasteiger partial charge in [0.05, 0.1) is 19.3 Å². The molecule has 1 amide bonds. The summed E-state index contributed by atoms with van der Waals surface area (Å²) in [7, 11) is 0. The molecule has 0 unspecified atom stereocenters. The number of aryl methyl sites for hydroxylation is 2. The molecule has 0 aromatic heterocycles. The summed E-state index contributed by atoms with van der Waals surface area (Å²) in [6, 6.07) is 5.97. The van der Waals surface area contributed by atoms with Crippen molar-refractivity contribution in [3.8, 4) is 0 Å². The second kappa shape index (κ2) is 6.86. The molecule has 20 heavy (non-hydrogen) atoms. The van der Waals surface area contributed by atoms with Crippen molar-refractivity contribution in [2.24, 2.45) is 0 Å². The zero-order valence-electron chi connectivity index (χ0n) is 12.3. The van der Waals surface area contributed by atoms with Crippen LogP contribution in [0.5, 0.6) is 0 Å². The molecule has 1 fully saturated rings. The van der Waals surface area contributed by atoms with Crippen LogP contribution in [0.25, 0.3) is 0 Å². The van der Waals surface area contributed by atoms with Gasteiger partial charge in [0.1, 0.15) is 0 Å². The number of carbonyl (C=O) groups is 1. The van der Waals surface area contributed by atoms with Gasteiger partial charge in [0.15, 0.2) is 0 Å². The standard InChI is InChI=1S/C16H23NO3/c1-12-9-13(2)11-14(10-12)16(19)17-5-3-15(4-6-17)20-8-7-18/h9-11,15,18H,3-8H2,1-2H3. The highest BCUT2D eigenvalue weighted by atomic mass is 16.5. The van der Waals surface area contributed by atoms with E-state index >= 15 is 0 Å². The fourth-order valence-electron chi connectivity index (χ4n) is 2.73. The van der Waals surface area contributed by atoms with E-state index in [-0.39, 0.29) is 18.6 Å². The topological polar surface area (TPSA) is 49.8 Å². The summed E-state index contributed by atoms with van der Waals surface area (Å²) >= 11 is 0. The summed E-state index contributed by atoms with van der Waals surface area (Å²) in [5, 5.41) is 8.75. The fourth-order valence-corrected chi connectivity index (χ4v) is 2.73. The van der Waals surface area contributed by atoms with Crippen molar-refractivity contribution in [1.82, 2.24) is 4.90 Å². The van der Waals surface area contributed by atoms with E-state index in [0.717, 1.165) is 42.6 Å². The van der Waals surface area contributed by atoms with Gasteiger partial charge < -0.3 is 14.7 Å². The first kappa shape index (κ1) is 15.0. The predicted octanol–water partition coefficient (Wildman–Crippen LogP) is 1.92. The molecule has 1 N–H and O–H groups in total. The molecule has 4 heteroatoms. The van der Waals surface area contributed by atoms with Crippen LogP contribution in [0.15, 0.2) is 18.2 Å². The second-order valence-electron chi connectivity index (χ2n) is 5.46. The normalized spacial score (nSPS) is 16.4. The second-order valence-corrected chi connectivity index (χ2v) is 5.46. The number of rotatable bonds is 4. The van der Waals surface area contributed by atoms with E-state index < -0.39 is 0 Å². The largest absolute Gasteiger partial charge is 0.394 e. The molecular formula is C16H23NO3. The van der Waals surface area contributed by atoms with Crippen molar-refractivity contribution < 1.29 is 14.6 Å². The van der Waals surface area contributed by atoms with E-state index in [0.29, 0.717) is 6.61 Å². The molecule has 0 spiro atoms. The highest BCUT2D eigenvalue weighted by molar-refractivity contribution is 5.94. The molecule has 4 nitrogen and oxygen atoms in total. The molecule has 1 aliphatic rings. The Hall–Kier alpha value is -1.39. The van der Waals surface area contributed by atoms with Gasteiger partial charge in [-0.05, 0) is 38.8 Å². The molecule has 1 saturated heterocycles. The molecule has 0 radical (unpaired) electrons. The van der Waals surface area contributed by atoms with Gasteiger partial charge in [-0.1, -0.05) is 17.2 Å². The minimum atomic E-state index is 0.0573. The first-order valence-electron chi connectivity index (χ1n) is 7.20. The third kappa shape index (κ3) is 3.81. The van der Waals surface area contributed by atoms with Crippen LogP contribution in [0.2, 0.25) is 0 Å². The number of hydrogen-bond acceptors (Lipinski definition) is 3. The lowest BCUT2D eigenvalue weighted by molar-refractivity contribution is -0.00554. The highest BCUT2D eigenvalue weighted by Crippen LogP contribution is 2.17. The van der Waals surface area contributed by atoms with Gasteiger partial charge in [0, 0.05) is 18.7 Å². The van der Waals surface area contributed by atoms with Gasteiger partial charge in [0.2, 0.25) is 0 Å². The molecule has 0 saturated carbocycles. The van der Waals surface area contributed by atoms with Crippen molar-refractivity contribution in [3.63, 3.8) is 0 Å². The van der Waals surface area contributed by atoms with Crippen molar-refractivity contribution in [1.29, 1.82) is 0 Å². The number of benzene rings is 1. The molecule has 2 rings (SSSR count). The van der Waals surface area contributed by atoms with Crippen LogP contribution < -0.4 is 0 Å². The number of piperidine rings is 1. The molecule has 0 aliphatic carbocycles. The molecule has 110 valence electrons. The maximum atomic E-state index is 12.5. The Morgan fingerprint density at radius 1 is 1.25 bits per heavy atom. The first-order chi connectivity index (χ1) is 9.60. The van der Waals surface area contributed by atoms with Gasteiger partial charge in [-0.2, -0.15) is 0 Å². The number of ether oxygens (including phenoxy) is 1. The van der Waals surface area contributed by atoms with E-state index in [4.69, 9.17) is 9.84 Å². The summed E-state index contributed by atoms with van der Waals surface area (Å²) in [6.45, 7) is 5.92. The van der Waals surface area contributed by atoms with Gasteiger partial charge >= 0.3 is 0 Å². The van der Waals surface area contributed by atoms with Crippen LogP contribution in [0.4, 0.5) is 0 Å². The molecule has 1 heterocycles. The smallest absolute Gasteiger partial charge is 0.253 e. The average molecular weight is 277 g/mol. The maximum Gasteiger partial charge on any atom is 0.253 e. The van der Waals surface area contributed by atoms with Crippen LogP contribution in [0.3, 0.4) is 0 Å². The van der Waals surface area contributed by atoms with Crippen LogP contribution in [-0.4, -0.2) is 48.3 Å². The highest BCUT2D eigenvalue weighted by Gasteiger charge is 2.24. The van der Waals surface area contributed by atoms with Crippen LogP contribution in [0, 0.1) is 13.8 Å². The van der Waals surface area contributed by atoms with Crippen molar-refractivity contribution in [2.75, 3.05) is 26.3 Å². The zero-order chi connectivity index (χ0) is 14.5. The van der Waals surface area contributed by atoms with Gasteiger partial charge in [0.25, 0.3) is 5.91 Å². The fraction of sp³-hybridized carbons (Fsp3) is 0.562.